The molecular formula is C18H27N5O4. The van der Waals surface area contributed by atoms with Crippen LogP contribution in [0.15, 0.2) is 24.4 Å². The van der Waals surface area contributed by atoms with E-state index >= 15 is 0 Å². The highest BCUT2D eigenvalue weighted by molar-refractivity contribution is 5.67. The molecule has 0 bridgehead atoms. The van der Waals surface area contributed by atoms with Crippen molar-refractivity contribution in [1.29, 1.82) is 0 Å². The van der Waals surface area contributed by atoms with Crippen molar-refractivity contribution in [2.24, 2.45) is 5.73 Å². The zero-order valence-corrected chi connectivity index (χ0v) is 15.9. The molecule has 2 aromatic rings. The van der Waals surface area contributed by atoms with E-state index in [4.69, 9.17) is 10.5 Å². The first-order valence-corrected chi connectivity index (χ1v) is 8.81. The average Bonchev–Trinajstić information content (AvgIpc) is 2.93. The lowest BCUT2D eigenvalue weighted by Gasteiger charge is -2.21. The Bertz CT molecular complexity index is 797. The van der Waals surface area contributed by atoms with Gasteiger partial charge in [-0.1, -0.05) is 6.07 Å². The number of nitrogens with zero attached hydrogens (tertiary/aromatic N) is 3. The molecule has 0 aliphatic rings. The minimum Gasteiger partial charge on any atom is -0.465 e. The lowest BCUT2D eigenvalue weighted by molar-refractivity contribution is 0.0526. The van der Waals surface area contributed by atoms with E-state index in [1.54, 1.807) is 20.8 Å². The van der Waals surface area contributed by atoms with Crippen LogP contribution in [0.2, 0.25) is 0 Å². The van der Waals surface area contributed by atoms with Gasteiger partial charge in [-0.15, -0.1) is 0 Å². The molecule has 27 heavy (non-hydrogen) atoms. The number of imidazole rings is 1. The molecule has 0 aliphatic heterocycles. The number of hydrogen-bond acceptors (Lipinski definition) is 5. The zero-order valence-electron chi connectivity index (χ0n) is 15.9. The van der Waals surface area contributed by atoms with Gasteiger partial charge < -0.3 is 30.2 Å². The number of carbonyl (C=O) groups excluding carboxylic acids is 1. The van der Waals surface area contributed by atoms with Crippen LogP contribution in [0.3, 0.4) is 0 Å². The van der Waals surface area contributed by atoms with Crippen LogP contribution in [0.4, 0.5) is 9.59 Å². The Morgan fingerprint density at radius 3 is 2.74 bits per heavy atom. The van der Waals surface area contributed by atoms with Crippen molar-refractivity contribution >= 4 is 17.8 Å². The molecule has 2 heterocycles. The first kappa shape index (κ1) is 20.5. The fourth-order valence-electron chi connectivity index (χ4n) is 2.62. The second-order valence-corrected chi connectivity index (χ2v) is 7.12. The molecule has 0 saturated heterocycles. The maximum Gasteiger partial charge on any atom is 0.407 e. The predicted octanol–water partition coefficient (Wildman–Crippen LogP) is 2.19. The summed E-state index contributed by atoms with van der Waals surface area (Å²) in [5.41, 5.74) is 7.34. The number of nitrogens with two attached hydrogens (primary N) is 1. The third-order valence-electron chi connectivity index (χ3n) is 3.79. The van der Waals surface area contributed by atoms with Gasteiger partial charge in [-0.3, -0.25) is 0 Å². The van der Waals surface area contributed by atoms with Crippen LogP contribution in [-0.4, -0.2) is 50.3 Å². The highest BCUT2D eigenvalue weighted by Gasteiger charge is 2.19. The van der Waals surface area contributed by atoms with E-state index in [1.165, 1.54) is 4.90 Å². The summed E-state index contributed by atoms with van der Waals surface area (Å²) in [7, 11) is 0. The van der Waals surface area contributed by atoms with Crippen LogP contribution in [0.1, 0.15) is 38.6 Å². The average molecular weight is 377 g/mol. The van der Waals surface area contributed by atoms with Crippen LogP contribution < -0.4 is 11.1 Å². The number of hydrogen-bond donors (Lipinski definition) is 3. The number of rotatable bonds is 7. The standard InChI is InChI=1S/C18H27N5O4/c1-18(2,3)27-16(24)20-8-6-9-22(17(25)26)12-14-13(11-19)21-15-7-4-5-10-23(14)15/h4-5,7,10H,6,8-9,11-12,19H2,1-3H3,(H,20,24)(H,25,26). The molecule has 2 aromatic heterocycles. The van der Waals surface area contributed by atoms with Crippen molar-refractivity contribution in [1.82, 2.24) is 19.6 Å². The molecule has 0 radical (unpaired) electrons. The highest BCUT2D eigenvalue weighted by Crippen LogP contribution is 2.15. The Balaban J connectivity index is 1.97. The molecule has 4 N–H and O–H groups in total. The molecule has 0 spiro atoms. The van der Waals surface area contributed by atoms with Gasteiger partial charge in [0.2, 0.25) is 0 Å². The number of amides is 2. The number of nitrogens with one attached hydrogen (secondary N) is 1. The summed E-state index contributed by atoms with van der Waals surface area (Å²) in [4.78, 5) is 29.0. The third kappa shape index (κ3) is 5.85. The van der Waals surface area contributed by atoms with E-state index in [0.29, 0.717) is 18.7 Å². The molecule has 9 heteroatoms. The van der Waals surface area contributed by atoms with Crippen molar-refractivity contribution in [2.75, 3.05) is 13.1 Å². The van der Waals surface area contributed by atoms with Crippen molar-refractivity contribution in [3.05, 3.63) is 35.8 Å². The smallest absolute Gasteiger partial charge is 0.407 e. The van der Waals surface area contributed by atoms with Gasteiger partial charge >= 0.3 is 12.2 Å². The fraction of sp³-hybridized carbons (Fsp3) is 0.500. The summed E-state index contributed by atoms with van der Waals surface area (Å²) in [6, 6.07) is 5.57. The van der Waals surface area contributed by atoms with Gasteiger partial charge in [0.25, 0.3) is 0 Å². The third-order valence-corrected chi connectivity index (χ3v) is 3.79. The molecule has 0 aliphatic carbocycles. The van der Waals surface area contributed by atoms with Crippen molar-refractivity contribution in [3.63, 3.8) is 0 Å². The first-order chi connectivity index (χ1) is 12.7. The van der Waals surface area contributed by atoms with Crippen LogP contribution >= 0.6 is 0 Å². The monoisotopic (exact) mass is 377 g/mol. The number of carboxylic acid groups (broad SMARTS) is 1. The minimum absolute atomic E-state index is 0.166. The van der Waals surface area contributed by atoms with Crippen molar-refractivity contribution in [2.45, 2.75) is 45.9 Å². The Morgan fingerprint density at radius 1 is 1.37 bits per heavy atom. The maximum atomic E-state index is 11.6. The van der Waals surface area contributed by atoms with Gasteiger partial charge in [0.05, 0.1) is 17.9 Å². The highest BCUT2D eigenvalue weighted by atomic mass is 16.6. The molecule has 0 unspecified atom stereocenters. The first-order valence-electron chi connectivity index (χ1n) is 8.81. The van der Waals surface area contributed by atoms with Gasteiger partial charge in [0.15, 0.2) is 0 Å². The summed E-state index contributed by atoms with van der Waals surface area (Å²) in [6.07, 6.45) is 0.735. The van der Waals surface area contributed by atoms with E-state index in [-0.39, 0.29) is 19.6 Å². The van der Waals surface area contributed by atoms with Crippen molar-refractivity contribution < 1.29 is 19.4 Å². The number of fused-ring (bicyclic) bond motifs is 1. The van der Waals surface area contributed by atoms with E-state index in [2.05, 4.69) is 10.3 Å². The van der Waals surface area contributed by atoms with Crippen LogP contribution in [0.5, 0.6) is 0 Å². The number of aromatic nitrogens is 2. The number of ether oxygens (including phenoxy) is 1. The summed E-state index contributed by atoms with van der Waals surface area (Å²) in [5, 5.41) is 12.1. The second kappa shape index (κ2) is 8.72. The Labute approximate surface area is 158 Å². The van der Waals surface area contributed by atoms with E-state index in [9.17, 15) is 14.7 Å². The number of alkyl carbamates (subject to hydrolysis) is 1. The minimum atomic E-state index is -1.04. The molecule has 2 rings (SSSR count). The van der Waals surface area contributed by atoms with Gasteiger partial charge in [-0.2, -0.15) is 0 Å². The summed E-state index contributed by atoms with van der Waals surface area (Å²) in [5.74, 6) is 0. The summed E-state index contributed by atoms with van der Waals surface area (Å²) >= 11 is 0. The Hall–Kier alpha value is -2.81. The Kier molecular flexibility index (Phi) is 6.62. The lowest BCUT2D eigenvalue weighted by atomic mass is 10.2. The Morgan fingerprint density at radius 2 is 2.11 bits per heavy atom. The fourth-order valence-corrected chi connectivity index (χ4v) is 2.62. The molecule has 0 fully saturated rings. The molecule has 9 nitrogen and oxygen atoms in total. The van der Waals surface area contributed by atoms with Gasteiger partial charge in [-0.05, 0) is 39.3 Å². The van der Waals surface area contributed by atoms with Gasteiger partial charge in [-0.25, -0.2) is 14.6 Å². The molecule has 0 atom stereocenters. The number of carbonyl (C=O) groups is 2. The molecule has 0 saturated carbocycles. The van der Waals surface area contributed by atoms with Gasteiger partial charge in [0.1, 0.15) is 11.2 Å². The van der Waals surface area contributed by atoms with Crippen molar-refractivity contribution in [3.8, 4) is 0 Å². The summed E-state index contributed by atoms with van der Waals surface area (Å²) in [6.45, 7) is 6.31. The lowest BCUT2D eigenvalue weighted by Crippen LogP contribution is -2.36. The van der Waals surface area contributed by atoms with Crippen LogP contribution in [0.25, 0.3) is 5.65 Å². The quantitative estimate of drug-likeness (QED) is 0.636. The number of pyridine rings is 1. The zero-order chi connectivity index (χ0) is 20.0. The van der Waals surface area contributed by atoms with E-state index in [0.717, 1.165) is 11.3 Å². The second-order valence-electron chi connectivity index (χ2n) is 7.12. The predicted molar refractivity (Wildman–Crippen MR) is 100 cm³/mol. The SMILES string of the molecule is CC(C)(C)OC(=O)NCCCN(Cc1c(CN)nc2ccccn12)C(=O)O. The van der Waals surface area contributed by atoms with Gasteiger partial charge in [0, 0.05) is 25.8 Å². The molecule has 2 amide bonds. The van der Waals surface area contributed by atoms with Crippen LogP contribution in [-0.2, 0) is 17.8 Å². The normalized spacial score (nSPS) is 11.4. The molecule has 148 valence electrons. The van der Waals surface area contributed by atoms with Crippen LogP contribution in [0, 0.1) is 0 Å². The van der Waals surface area contributed by atoms with E-state index in [1.807, 2.05) is 28.8 Å². The summed E-state index contributed by atoms with van der Waals surface area (Å²) < 4.78 is 6.99. The molecular weight excluding hydrogens is 350 g/mol. The topological polar surface area (TPSA) is 122 Å². The molecule has 0 aromatic carbocycles. The largest absolute Gasteiger partial charge is 0.465 e. The van der Waals surface area contributed by atoms with E-state index < -0.39 is 17.8 Å². The maximum absolute atomic E-state index is 11.6.